The summed E-state index contributed by atoms with van der Waals surface area (Å²) in [5.41, 5.74) is 5.90. The second-order valence-corrected chi connectivity index (χ2v) is 11.9. The van der Waals surface area contributed by atoms with Gasteiger partial charge in [0.1, 0.15) is 0 Å². The fourth-order valence-corrected chi connectivity index (χ4v) is 6.07. The van der Waals surface area contributed by atoms with Crippen LogP contribution in [0.3, 0.4) is 0 Å². The van der Waals surface area contributed by atoms with E-state index in [4.69, 9.17) is 16.6 Å². The van der Waals surface area contributed by atoms with Crippen molar-refractivity contribution in [3.05, 3.63) is 82.9 Å². The summed E-state index contributed by atoms with van der Waals surface area (Å²) >= 11 is 7.78. The van der Waals surface area contributed by atoms with Crippen LogP contribution in [0.2, 0.25) is 5.02 Å². The number of halogens is 1. The molecule has 0 saturated carbocycles. The second kappa shape index (κ2) is 13.7. The molecule has 9 heteroatoms. The smallest absolute Gasteiger partial charge is 0.237 e. The quantitative estimate of drug-likeness (QED) is 0.169. The van der Waals surface area contributed by atoms with E-state index < -0.39 is 0 Å². The van der Waals surface area contributed by atoms with Gasteiger partial charge < -0.3 is 16.0 Å². The van der Waals surface area contributed by atoms with Crippen LogP contribution in [0.15, 0.2) is 71.9 Å². The Bertz CT molecular complexity index is 1430. The monoisotopic (exact) mass is 576 g/mol. The summed E-state index contributed by atoms with van der Waals surface area (Å²) in [6.45, 7) is 11.4. The van der Waals surface area contributed by atoms with Gasteiger partial charge in [-0.1, -0.05) is 53.7 Å². The molecule has 1 fully saturated rings. The molecule has 1 aliphatic rings. The molecule has 0 radical (unpaired) electrons. The molecular formula is C31H37ClN6OS. The van der Waals surface area contributed by atoms with E-state index in [1.807, 2.05) is 50.2 Å². The molecule has 3 aromatic carbocycles. The van der Waals surface area contributed by atoms with Crippen LogP contribution in [0.5, 0.6) is 0 Å². The number of hydrogen-bond acceptors (Lipinski definition) is 6. The molecule has 0 spiro atoms. The van der Waals surface area contributed by atoms with Gasteiger partial charge in [-0.3, -0.25) is 14.3 Å². The molecule has 1 aliphatic heterocycles. The zero-order chi connectivity index (χ0) is 27.9. The van der Waals surface area contributed by atoms with Crippen LogP contribution < -0.4 is 16.0 Å². The third kappa shape index (κ3) is 7.25. The number of amides is 1. The van der Waals surface area contributed by atoms with Crippen molar-refractivity contribution >= 4 is 46.0 Å². The van der Waals surface area contributed by atoms with Crippen LogP contribution in [0.1, 0.15) is 18.1 Å². The van der Waals surface area contributed by atoms with Crippen molar-refractivity contribution in [3.8, 4) is 5.69 Å². The van der Waals surface area contributed by atoms with Crippen molar-refractivity contribution in [2.45, 2.75) is 30.7 Å². The molecule has 4 aromatic rings. The summed E-state index contributed by atoms with van der Waals surface area (Å²) in [5, 5.41) is 10.9. The lowest BCUT2D eigenvalue weighted by molar-refractivity contribution is -0.115. The van der Waals surface area contributed by atoms with Crippen LogP contribution in [0.25, 0.3) is 16.7 Å². The van der Waals surface area contributed by atoms with Crippen molar-refractivity contribution in [2.75, 3.05) is 51.1 Å². The minimum absolute atomic E-state index is 0.117. The number of piperazine rings is 1. The molecule has 1 amide bonds. The summed E-state index contributed by atoms with van der Waals surface area (Å²) in [5.74, 6) is -0.117. The average molecular weight is 577 g/mol. The number of aromatic nitrogens is 2. The number of para-hydroxylation sites is 2. The highest BCUT2D eigenvalue weighted by atomic mass is 35.5. The number of rotatable bonds is 11. The van der Waals surface area contributed by atoms with Gasteiger partial charge in [-0.05, 0) is 74.3 Å². The normalized spacial score (nSPS) is 14.9. The number of aryl methyl sites for hydroxylation is 1. The lowest BCUT2D eigenvalue weighted by Crippen LogP contribution is -2.45. The molecule has 3 N–H and O–H groups in total. The molecule has 2 heterocycles. The second-order valence-electron chi connectivity index (χ2n) is 10.2. The summed E-state index contributed by atoms with van der Waals surface area (Å²) in [6, 6.07) is 22.4. The number of imidazole rings is 1. The number of carbonyl (C=O) groups is 1. The van der Waals surface area contributed by atoms with Gasteiger partial charge in [-0.2, -0.15) is 0 Å². The first kappa shape index (κ1) is 28.6. The molecule has 0 bridgehead atoms. The molecule has 210 valence electrons. The van der Waals surface area contributed by atoms with E-state index in [1.165, 1.54) is 17.3 Å². The van der Waals surface area contributed by atoms with Crippen molar-refractivity contribution < 1.29 is 4.79 Å². The number of thioether (sulfide) groups is 1. The number of anilines is 1. The van der Waals surface area contributed by atoms with Crippen molar-refractivity contribution in [3.63, 3.8) is 0 Å². The molecule has 1 aromatic heterocycles. The summed E-state index contributed by atoms with van der Waals surface area (Å²) < 4.78 is 2.14. The Morgan fingerprint density at radius 1 is 1.07 bits per heavy atom. The van der Waals surface area contributed by atoms with Gasteiger partial charge in [0, 0.05) is 45.0 Å². The molecular weight excluding hydrogens is 540 g/mol. The highest BCUT2D eigenvalue weighted by Crippen LogP contribution is 2.32. The van der Waals surface area contributed by atoms with Crippen molar-refractivity contribution in [1.29, 1.82) is 0 Å². The average Bonchev–Trinajstić information content (AvgIpc) is 3.33. The number of hydrogen-bond donors (Lipinski definition) is 3. The first-order chi connectivity index (χ1) is 19.5. The van der Waals surface area contributed by atoms with E-state index in [0.717, 1.165) is 79.7 Å². The first-order valence-corrected chi connectivity index (χ1v) is 15.2. The SMILES string of the molecule is Cc1ccc(NC(=O)C(C)Sc2nc3ccccc3n2-c2ccc(CCNCCN3CCNCC3)cc2)c(Cl)c1. The van der Waals surface area contributed by atoms with Gasteiger partial charge in [-0.15, -0.1) is 0 Å². The van der Waals surface area contributed by atoms with Crippen LogP contribution in [0, 0.1) is 6.92 Å². The maximum Gasteiger partial charge on any atom is 0.237 e. The molecule has 1 atom stereocenters. The number of benzene rings is 3. The molecule has 5 rings (SSSR count). The number of fused-ring (bicyclic) bond motifs is 1. The van der Waals surface area contributed by atoms with Gasteiger partial charge in [0.25, 0.3) is 0 Å². The van der Waals surface area contributed by atoms with E-state index >= 15 is 0 Å². The molecule has 0 aliphatic carbocycles. The standard InChI is InChI=1S/C31H37ClN6OS/c1-22-7-12-27(26(32)21-22)35-30(39)23(2)40-31-36-28-5-3-4-6-29(28)38(31)25-10-8-24(9-11-25)13-14-33-15-18-37-19-16-34-17-20-37/h3-12,21,23,33-34H,13-20H2,1-2H3,(H,35,39). The van der Waals surface area contributed by atoms with E-state index in [-0.39, 0.29) is 11.2 Å². The van der Waals surface area contributed by atoms with Gasteiger partial charge in [0.2, 0.25) is 5.91 Å². The fraction of sp³-hybridized carbons (Fsp3) is 0.355. The third-order valence-electron chi connectivity index (χ3n) is 7.16. The van der Waals surface area contributed by atoms with E-state index in [9.17, 15) is 4.79 Å². The molecule has 40 heavy (non-hydrogen) atoms. The largest absolute Gasteiger partial charge is 0.324 e. The van der Waals surface area contributed by atoms with Gasteiger partial charge in [0.05, 0.1) is 27.0 Å². The van der Waals surface area contributed by atoms with E-state index in [1.54, 1.807) is 0 Å². The summed E-state index contributed by atoms with van der Waals surface area (Å²) in [7, 11) is 0. The van der Waals surface area contributed by atoms with Crippen LogP contribution in [-0.4, -0.2) is 71.4 Å². The fourth-order valence-electron chi connectivity index (χ4n) is 4.84. The Morgan fingerprint density at radius 3 is 2.62 bits per heavy atom. The van der Waals surface area contributed by atoms with Gasteiger partial charge in [-0.25, -0.2) is 4.98 Å². The highest BCUT2D eigenvalue weighted by Gasteiger charge is 2.21. The van der Waals surface area contributed by atoms with Crippen molar-refractivity contribution in [1.82, 2.24) is 25.1 Å². The Labute approximate surface area is 245 Å². The van der Waals surface area contributed by atoms with Crippen LogP contribution in [-0.2, 0) is 11.2 Å². The lowest BCUT2D eigenvalue weighted by atomic mass is 10.1. The predicted molar refractivity (Wildman–Crippen MR) is 167 cm³/mol. The summed E-state index contributed by atoms with van der Waals surface area (Å²) in [6.07, 6.45) is 0.979. The highest BCUT2D eigenvalue weighted by molar-refractivity contribution is 8.00. The Morgan fingerprint density at radius 2 is 1.85 bits per heavy atom. The zero-order valence-electron chi connectivity index (χ0n) is 23.1. The Hall–Kier alpha value is -2.88. The first-order valence-electron chi connectivity index (χ1n) is 13.9. The minimum atomic E-state index is -0.375. The predicted octanol–water partition coefficient (Wildman–Crippen LogP) is 5.14. The van der Waals surface area contributed by atoms with Crippen LogP contribution in [0.4, 0.5) is 5.69 Å². The van der Waals surface area contributed by atoms with Gasteiger partial charge >= 0.3 is 0 Å². The maximum absolute atomic E-state index is 13.1. The molecule has 7 nitrogen and oxygen atoms in total. The number of carbonyl (C=O) groups excluding carboxylic acids is 1. The zero-order valence-corrected chi connectivity index (χ0v) is 24.7. The van der Waals surface area contributed by atoms with E-state index in [0.29, 0.717) is 10.7 Å². The van der Waals surface area contributed by atoms with Crippen LogP contribution >= 0.6 is 23.4 Å². The lowest BCUT2D eigenvalue weighted by Gasteiger charge is -2.27. The van der Waals surface area contributed by atoms with Gasteiger partial charge in [0.15, 0.2) is 5.16 Å². The topological polar surface area (TPSA) is 74.2 Å². The van der Waals surface area contributed by atoms with E-state index in [2.05, 4.69) is 55.7 Å². The van der Waals surface area contributed by atoms with Crippen molar-refractivity contribution in [2.24, 2.45) is 0 Å². The molecule has 1 saturated heterocycles. The third-order valence-corrected chi connectivity index (χ3v) is 8.53. The molecule has 1 unspecified atom stereocenters. The summed E-state index contributed by atoms with van der Waals surface area (Å²) in [4.78, 5) is 20.4. The number of nitrogens with zero attached hydrogens (tertiary/aromatic N) is 3. The number of nitrogens with one attached hydrogen (secondary N) is 3. The Kier molecular flexibility index (Phi) is 9.78. The Balaban J connectivity index is 1.24. The maximum atomic E-state index is 13.1. The minimum Gasteiger partial charge on any atom is -0.324 e.